The average molecular weight is 203 g/mol. The molecule has 0 spiro atoms. The van der Waals surface area contributed by atoms with Crippen molar-refractivity contribution in [1.82, 2.24) is 4.90 Å². The molecule has 0 bridgehead atoms. The summed E-state index contributed by atoms with van der Waals surface area (Å²) in [6, 6.07) is 0. The number of hydrogen-bond donors (Lipinski definition) is 2. The van der Waals surface area contributed by atoms with E-state index in [0.29, 0.717) is 0 Å². The highest BCUT2D eigenvalue weighted by molar-refractivity contribution is 5.84. The van der Waals surface area contributed by atoms with Crippen LogP contribution in [0, 0.1) is 0 Å². The van der Waals surface area contributed by atoms with Crippen LogP contribution in [0.2, 0.25) is 0 Å². The second-order valence-corrected chi connectivity index (χ2v) is 3.55. The highest BCUT2D eigenvalue weighted by Gasteiger charge is 2.18. The monoisotopic (exact) mass is 203 g/mol. The van der Waals surface area contributed by atoms with E-state index in [0.717, 1.165) is 6.42 Å². The van der Waals surface area contributed by atoms with Crippen LogP contribution >= 0.6 is 0 Å². The highest BCUT2D eigenvalue weighted by Crippen LogP contribution is 2.09. The maximum absolute atomic E-state index is 9.60. The number of carbonyl (C=O) groups is 1. The van der Waals surface area contributed by atoms with E-state index in [-0.39, 0.29) is 5.57 Å². The van der Waals surface area contributed by atoms with Crippen molar-refractivity contribution in [3.8, 4) is 0 Å². The van der Waals surface area contributed by atoms with Gasteiger partial charge >= 0.3 is 5.97 Å². The van der Waals surface area contributed by atoms with Crippen molar-refractivity contribution < 1.29 is 15.0 Å². The van der Waals surface area contributed by atoms with Crippen LogP contribution in [0.25, 0.3) is 0 Å². The quantitative estimate of drug-likeness (QED) is 0.536. The molecule has 0 fully saturated rings. The Kier molecular flexibility index (Phi) is 7.31. The summed E-state index contributed by atoms with van der Waals surface area (Å²) in [7, 11) is 3.73. The van der Waals surface area contributed by atoms with Crippen molar-refractivity contribution in [2.24, 2.45) is 0 Å². The molecule has 0 aromatic heterocycles. The van der Waals surface area contributed by atoms with Crippen molar-refractivity contribution in [2.75, 3.05) is 14.1 Å². The molecule has 0 aromatic carbocycles. The predicted molar refractivity (Wildman–Crippen MR) is 57.1 cm³/mol. The van der Waals surface area contributed by atoms with Crippen LogP contribution in [0.5, 0.6) is 0 Å². The average Bonchev–Trinajstić information content (AvgIpc) is 2.05. The molecule has 14 heavy (non-hydrogen) atoms. The molecule has 0 aliphatic heterocycles. The molecule has 0 rings (SSSR count). The van der Waals surface area contributed by atoms with E-state index in [1.165, 1.54) is 6.92 Å². The van der Waals surface area contributed by atoms with Gasteiger partial charge in [0.25, 0.3) is 0 Å². The molecule has 4 nitrogen and oxygen atoms in total. The number of hydrogen-bond acceptors (Lipinski definition) is 3. The van der Waals surface area contributed by atoms with Gasteiger partial charge in [0.1, 0.15) is 5.72 Å². The Morgan fingerprint density at radius 2 is 1.79 bits per heavy atom. The van der Waals surface area contributed by atoms with Crippen molar-refractivity contribution in [3.05, 3.63) is 12.2 Å². The van der Waals surface area contributed by atoms with Crippen LogP contribution < -0.4 is 0 Å². The molecule has 84 valence electrons. The van der Waals surface area contributed by atoms with Gasteiger partial charge in [-0.25, -0.2) is 4.79 Å². The first-order valence-corrected chi connectivity index (χ1v) is 4.43. The lowest BCUT2D eigenvalue weighted by Gasteiger charge is -2.29. The summed E-state index contributed by atoms with van der Waals surface area (Å²) in [5, 5.41) is 17.2. The Hall–Kier alpha value is -0.870. The van der Waals surface area contributed by atoms with Crippen molar-refractivity contribution >= 4 is 5.97 Å². The zero-order valence-corrected chi connectivity index (χ0v) is 9.66. The van der Waals surface area contributed by atoms with Gasteiger partial charge in [-0.2, -0.15) is 0 Å². The minimum absolute atomic E-state index is 0.176. The molecular weight excluding hydrogens is 182 g/mol. The first-order valence-electron chi connectivity index (χ1n) is 4.43. The predicted octanol–water partition coefficient (Wildman–Crippen LogP) is 1.31. The lowest BCUT2D eigenvalue weighted by Crippen LogP contribution is -2.40. The fourth-order valence-electron chi connectivity index (χ4n) is 0.316. The molecule has 0 aliphatic rings. The summed E-state index contributed by atoms with van der Waals surface area (Å²) < 4.78 is 0. The SMILES string of the molecule is C=C(C)C(=O)O.CCC(C)(O)N(C)C. The molecule has 2 N–H and O–H groups in total. The lowest BCUT2D eigenvalue weighted by atomic mass is 10.2. The summed E-state index contributed by atoms with van der Waals surface area (Å²) in [6.07, 6.45) is 0.764. The topological polar surface area (TPSA) is 60.8 Å². The zero-order valence-electron chi connectivity index (χ0n) is 9.66. The molecule has 1 atom stereocenters. The van der Waals surface area contributed by atoms with Crippen LogP contribution in [-0.4, -0.2) is 40.9 Å². The van der Waals surface area contributed by atoms with E-state index in [9.17, 15) is 9.90 Å². The van der Waals surface area contributed by atoms with Crippen LogP contribution in [0.3, 0.4) is 0 Å². The Labute approximate surface area is 85.8 Å². The Morgan fingerprint density at radius 1 is 1.50 bits per heavy atom. The standard InChI is InChI=1S/C6H15NO.C4H6O2/c1-5-6(2,8)7(3)4;1-3(2)4(5)6/h8H,5H2,1-4H3;1H2,2H3,(H,5,6). The molecule has 4 heteroatoms. The van der Waals surface area contributed by atoms with E-state index in [4.69, 9.17) is 5.11 Å². The number of carboxylic acids is 1. The van der Waals surface area contributed by atoms with Gasteiger partial charge in [0, 0.05) is 5.57 Å². The summed E-state index contributed by atoms with van der Waals surface area (Å²) in [4.78, 5) is 11.4. The third-order valence-corrected chi connectivity index (χ3v) is 2.00. The number of rotatable bonds is 3. The van der Waals surface area contributed by atoms with Crippen LogP contribution in [0.4, 0.5) is 0 Å². The second-order valence-electron chi connectivity index (χ2n) is 3.55. The van der Waals surface area contributed by atoms with Crippen molar-refractivity contribution in [2.45, 2.75) is 32.9 Å². The summed E-state index contributed by atoms with van der Waals surface area (Å²) in [6.45, 7) is 8.36. The first kappa shape index (κ1) is 15.6. The molecule has 0 heterocycles. The molecule has 0 saturated carbocycles. The van der Waals surface area contributed by atoms with Crippen LogP contribution in [0.15, 0.2) is 12.2 Å². The maximum Gasteiger partial charge on any atom is 0.330 e. The summed E-state index contributed by atoms with van der Waals surface area (Å²) in [5.41, 5.74) is -0.449. The van der Waals surface area contributed by atoms with Gasteiger partial charge in [0.05, 0.1) is 0 Å². The number of carboxylic acid groups (broad SMARTS) is 1. The molecule has 0 radical (unpaired) electrons. The van der Waals surface area contributed by atoms with E-state index in [1.807, 2.05) is 21.0 Å². The van der Waals surface area contributed by atoms with Gasteiger partial charge in [-0.3, -0.25) is 4.90 Å². The fraction of sp³-hybridized carbons (Fsp3) is 0.700. The number of nitrogens with zero attached hydrogens (tertiary/aromatic N) is 1. The fourth-order valence-corrected chi connectivity index (χ4v) is 0.316. The molecule has 0 aliphatic carbocycles. The lowest BCUT2D eigenvalue weighted by molar-refractivity contribution is -0.132. The van der Waals surface area contributed by atoms with E-state index < -0.39 is 11.7 Å². The molecule has 0 amide bonds. The molecular formula is C10H21NO3. The molecule has 0 aromatic rings. The van der Waals surface area contributed by atoms with Crippen LogP contribution in [-0.2, 0) is 4.79 Å². The number of aliphatic carboxylic acids is 1. The highest BCUT2D eigenvalue weighted by atomic mass is 16.4. The first-order chi connectivity index (χ1) is 6.15. The van der Waals surface area contributed by atoms with E-state index in [1.54, 1.807) is 11.8 Å². The van der Waals surface area contributed by atoms with Gasteiger partial charge in [0.15, 0.2) is 0 Å². The maximum atomic E-state index is 9.60. The second kappa shape index (κ2) is 6.56. The van der Waals surface area contributed by atoms with Crippen molar-refractivity contribution in [1.29, 1.82) is 0 Å². The third kappa shape index (κ3) is 7.76. The van der Waals surface area contributed by atoms with Crippen LogP contribution in [0.1, 0.15) is 27.2 Å². The normalized spacial score (nSPS) is 13.9. The minimum atomic E-state index is -0.935. The Balaban J connectivity index is 0. The minimum Gasteiger partial charge on any atom is -0.478 e. The molecule has 1 unspecified atom stereocenters. The summed E-state index contributed by atoms with van der Waals surface area (Å²) in [5.74, 6) is -0.935. The smallest absolute Gasteiger partial charge is 0.330 e. The molecule has 0 saturated heterocycles. The Morgan fingerprint density at radius 3 is 1.79 bits per heavy atom. The van der Waals surface area contributed by atoms with Gasteiger partial charge in [-0.15, -0.1) is 0 Å². The largest absolute Gasteiger partial charge is 0.478 e. The van der Waals surface area contributed by atoms with Crippen molar-refractivity contribution in [3.63, 3.8) is 0 Å². The van der Waals surface area contributed by atoms with Gasteiger partial charge in [-0.05, 0) is 34.4 Å². The zero-order chi connectivity index (χ0) is 11.9. The van der Waals surface area contributed by atoms with E-state index >= 15 is 0 Å². The van der Waals surface area contributed by atoms with Gasteiger partial charge in [0.2, 0.25) is 0 Å². The van der Waals surface area contributed by atoms with Gasteiger partial charge < -0.3 is 10.2 Å². The third-order valence-electron chi connectivity index (χ3n) is 2.00. The summed E-state index contributed by atoms with van der Waals surface area (Å²) >= 11 is 0. The number of aliphatic hydroxyl groups is 1. The Bertz CT molecular complexity index is 186. The van der Waals surface area contributed by atoms with Gasteiger partial charge in [-0.1, -0.05) is 13.5 Å². The van der Waals surface area contributed by atoms with E-state index in [2.05, 4.69) is 6.58 Å².